The molecule has 0 saturated carbocycles. The lowest BCUT2D eigenvalue weighted by molar-refractivity contribution is -0.138. The monoisotopic (exact) mass is 844 g/mol. The number of hydrogen-bond donors (Lipinski definition) is 4. The Morgan fingerprint density at radius 2 is 1.15 bits per heavy atom. The highest BCUT2D eigenvalue weighted by Crippen LogP contribution is 2.36. The summed E-state index contributed by atoms with van der Waals surface area (Å²) in [6.07, 6.45) is 1.97. The molecule has 4 unspecified atom stereocenters. The van der Waals surface area contributed by atoms with Crippen molar-refractivity contribution in [3.8, 4) is 11.1 Å². The van der Waals surface area contributed by atoms with E-state index in [0.717, 1.165) is 29.5 Å². The van der Waals surface area contributed by atoms with Crippen LogP contribution >= 0.6 is 23.2 Å². The standard InChI is InChI=1S/C28H28Cl2N4O4.C15H18N2O4/c1-31-18-10-12-20(22(29)15-18)21-13-11-19(16-23(21)30)32-26(35)24-9-6-14-34(24)27(36)25(33-28(37)38-2)17-7-4-3-5-8-17;1-21-15(20)16-13(11-6-3-2-4-7-11)14(19)17-9-5-8-12(17)10-18/h3-5,7-8,10-13,15-16,24-25,31H,6,9,14H2,1-2H3,(H,32,35)(H,33,37);2-4,6-7,10,12-13H,5,8-9H2,1H3,(H,16,20). The number of aldehydes is 1. The number of hydrogen-bond acceptors (Lipinski definition) is 9. The predicted octanol–water partition coefficient (Wildman–Crippen LogP) is 7.00. The summed E-state index contributed by atoms with van der Waals surface area (Å²) in [6.45, 7) is 0.915. The van der Waals surface area contributed by atoms with Crippen LogP contribution in [-0.2, 0) is 28.7 Å². The Balaban J connectivity index is 0.000000266. The van der Waals surface area contributed by atoms with Gasteiger partial charge in [-0.2, -0.15) is 0 Å². The van der Waals surface area contributed by atoms with Crippen LogP contribution in [0.1, 0.15) is 48.9 Å². The number of methoxy groups -OCH3 is 2. The van der Waals surface area contributed by atoms with Gasteiger partial charge in [-0.25, -0.2) is 9.59 Å². The van der Waals surface area contributed by atoms with Crippen LogP contribution in [0, 0.1) is 0 Å². The molecule has 59 heavy (non-hydrogen) atoms. The van der Waals surface area contributed by atoms with Crippen molar-refractivity contribution < 1.29 is 38.2 Å². The lowest BCUT2D eigenvalue weighted by Gasteiger charge is -2.28. The van der Waals surface area contributed by atoms with Crippen LogP contribution in [0.4, 0.5) is 21.0 Å². The van der Waals surface area contributed by atoms with E-state index < -0.39 is 36.4 Å². The number of anilines is 2. The van der Waals surface area contributed by atoms with Gasteiger partial charge in [-0.05, 0) is 61.1 Å². The van der Waals surface area contributed by atoms with Crippen LogP contribution in [0.25, 0.3) is 11.1 Å². The lowest BCUT2D eigenvalue weighted by Crippen LogP contribution is -2.48. The summed E-state index contributed by atoms with van der Waals surface area (Å²) in [5.41, 5.74) is 4.13. The van der Waals surface area contributed by atoms with Crippen LogP contribution < -0.4 is 21.3 Å². The molecule has 14 nitrogen and oxygen atoms in total. The summed E-state index contributed by atoms with van der Waals surface area (Å²) in [5, 5.41) is 12.0. The number of nitrogens with one attached hydrogen (secondary N) is 4. The molecule has 4 N–H and O–H groups in total. The third kappa shape index (κ3) is 11.1. The zero-order valence-electron chi connectivity index (χ0n) is 32.8. The van der Waals surface area contributed by atoms with Crippen molar-refractivity contribution in [2.75, 3.05) is 45.0 Å². The van der Waals surface area contributed by atoms with Crippen LogP contribution in [-0.4, -0.2) is 92.4 Å². The molecule has 310 valence electrons. The molecule has 0 spiro atoms. The summed E-state index contributed by atoms with van der Waals surface area (Å²) in [7, 11) is 4.29. The van der Waals surface area contributed by atoms with E-state index in [1.54, 1.807) is 66.7 Å². The van der Waals surface area contributed by atoms with Gasteiger partial charge in [0.05, 0.1) is 30.3 Å². The molecule has 2 heterocycles. The van der Waals surface area contributed by atoms with Gasteiger partial charge in [0.1, 0.15) is 24.4 Å². The van der Waals surface area contributed by atoms with E-state index in [2.05, 4.69) is 26.0 Å². The van der Waals surface area contributed by atoms with E-state index in [9.17, 15) is 28.8 Å². The number of amides is 5. The number of nitrogens with zero attached hydrogens (tertiary/aromatic N) is 2. The van der Waals surface area contributed by atoms with Crippen molar-refractivity contribution in [1.82, 2.24) is 20.4 Å². The summed E-state index contributed by atoms with van der Waals surface area (Å²) >= 11 is 13.0. The Kier molecular flexibility index (Phi) is 15.7. The molecule has 4 atom stereocenters. The predicted molar refractivity (Wildman–Crippen MR) is 225 cm³/mol. The lowest BCUT2D eigenvalue weighted by atomic mass is 10.0. The molecule has 6 rings (SSSR count). The van der Waals surface area contributed by atoms with Gasteiger partial charge < -0.3 is 45.3 Å². The number of rotatable bonds is 11. The highest BCUT2D eigenvalue weighted by Gasteiger charge is 2.39. The maximum atomic E-state index is 13.5. The molecule has 2 aliphatic rings. The minimum Gasteiger partial charge on any atom is -0.453 e. The third-order valence-electron chi connectivity index (χ3n) is 10.0. The highest BCUT2D eigenvalue weighted by molar-refractivity contribution is 6.37. The van der Waals surface area contributed by atoms with Crippen molar-refractivity contribution in [3.63, 3.8) is 0 Å². The smallest absolute Gasteiger partial charge is 0.407 e. The second-order valence-corrected chi connectivity index (χ2v) is 14.5. The third-order valence-corrected chi connectivity index (χ3v) is 10.6. The molecule has 2 aliphatic heterocycles. The SMILES string of the molecule is CNc1ccc(-c2ccc(NC(=O)C3CCCN3C(=O)C(NC(=O)OC)c3ccccc3)cc2Cl)c(Cl)c1.COC(=O)NC(C(=O)N1CCCC1C=O)c1ccccc1. The van der Waals surface area contributed by atoms with Gasteiger partial charge in [0.25, 0.3) is 11.8 Å². The Morgan fingerprint density at radius 3 is 1.64 bits per heavy atom. The molecular formula is C43H46Cl2N6O8. The highest BCUT2D eigenvalue weighted by atomic mass is 35.5. The van der Waals surface area contributed by atoms with Crippen LogP contribution in [0.5, 0.6) is 0 Å². The molecule has 16 heteroatoms. The molecule has 0 aromatic heterocycles. The Morgan fingerprint density at radius 1 is 0.678 bits per heavy atom. The van der Waals surface area contributed by atoms with Crippen molar-refractivity contribution in [2.24, 2.45) is 0 Å². The molecule has 0 aliphatic carbocycles. The summed E-state index contributed by atoms with van der Waals surface area (Å²) in [5.74, 6) is -1.01. The fourth-order valence-electron chi connectivity index (χ4n) is 6.99. The van der Waals surface area contributed by atoms with Crippen molar-refractivity contribution in [2.45, 2.75) is 49.9 Å². The molecule has 4 aromatic rings. The maximum absolute atomic E-state index is 13.5. The van der Waals surface area contributed by atoms with Gasteiger partial charge in [0.2, 0.25) is 5.91 Å². The summed E-state index contributed by atoms with van der Waals surface area (Å²) in [6, 6.07) is 25.6. The summed E-state index contributed by atoms with van der Waals surface area (Å²) in [4.78, 5) is 77.0. The molecule has 4 aromatic carbocycles. The van der Waals surface area contributed by atoms with Crippen molar-refractivity contribution in [3.05, 3.63) is 118 Å². The Labute approximate surface area is 352 Å². The summed E-state index contributed by atoms with van der Waals surface area (Å²) < 4.78 is 9.29. The first-order valence-electron chi connectivity index (χ1n) is 18.9. The number of ether oxygens (including phenoxy) is 2. The number of likely N-dealkylation sites (tertiary alicyclic amines) is 2. The van der Waals surface area contributed by atoms with Crippen LogP contribution in [0.15, 0.2) is 97.1 Å². The zero-order valence-corrected chi connectivity index (χ0v) is 34.3. The van der Waals surface area contributed by atoms with Gasteiger partial charge in [0.15, 0.2) is 0 Å². The largest absolute Gasteiger partial charge is 0.453 e. The van der Waals surface area contributed by atoms with Gasteiger partial charge in [-0.1, -0.05) is 96.0 Å². The normalized spacial score (nSPS) is 16.7. The van der Waals surface area contributed by atoms with E-state index in [1.807, 2.05) is 37.4 Å². The fourth-order valence-corrected chi connectivity index (χ4v) is 7.55. The Hall–Kier alpha value is -6.12. The van der Waals surface area contributed by atoms with Crippen molar-refractivity contribution in [1.29, 1.82) is 0 Å². The van der Waals surface area contributed by atoms with Crippen LogP contribution in [0.3, 0.4) is 0 Å². The second-order valence-electron chi connectivity index (χ2n) is 13.7. The molecule has 2 saturated heterocycles. The fraction of sp³-hybridized carbons (Fsp3) is 0.302. The zero-order chi connectivity index (χ0) is 42.5. The maximum Gasteiger partial charge on any atom is 0.407 e. The molecule has 0 radical (unpaired) electrons. The molecule has 5 amide bonds. The van der Waals surface area contributed by atoms with Gasteiger partial charge in [0, 0.05) is 42.6 Å². The second kappa shape index (κ2) is 21.0. The van der Waals surface area contributed by atoms with Gasteiger partial charge in [-0.15, -0.1) is 0 Å². The first-order valence-corrected chi connectivity index (χ1v) is 19.7. The molecular weight excluding hydrogens is 799 g/mol. The topological polar surface area (TPSA) is 175 Å². The van der Waals surface area contributed by atoms with E-state index in [0.29, 0.717) is 59.2 Å². The first kappa shape index (κ1) is 44.0. The average molecular weight is 846 g/mol. The molecule has 2 fully saturated rings. The van der Waals surface area contributed by atoms with Crippen LogP contribution in [0.2, 0.25) is 10.0 Å². The number of carbonyl (C=O) groups is 6. The minimum atomic E-state index is -0.982. The van der Waals surface area contributed by atoms with Gasteiger partial charge >= 0.3 is 12.2 Å². The average Bonchev–Trinajstić information content (AvgIpc) is 3.96. The van der Waals surface area contributed by atoms with Gasteiger partial charge in [-0.3, -0.25) is 14.4 Å². The molecule has 0 bridgehead atoms. The van der Waals surface area contributed by atoms with E-state index in [-0.39, 0.29) is 17.7 Å². The van der Waals surface area contributed by atoms with E-state index in [1.165, 1.54) is 24.0 Å². The van der Waals surface area contributed by atoms with Crippen molar-refractivity contribution >= 4 is 70.8 Å². The van der Waals surface area contributed by atoms with E-state index >= 15 is 0 Å². The number of carbonyl (C=O) groups excluding carboxylic acids is 6. The van der Waals surface area contributed by atoms with E-state index in [4.69, 9.17) is 27.9 Å². The first-order chi connectivity index (χ1) is 28.5. The number of halogens is 2. The number of alkyl carbamates (subject to hydrolysis) is 2. The Bertz CT molecular complexity index is 2130. The minimum absolute atomic E-state index is 0.291. The number of benzene rings is 4. The quantitative estimate of drug-likeness (QED) is 0.116.